The zero-order valence-corrected chi connectivity index (χ0v) is 8.10. The Hall–Kier alpha value is -1.06. The van der Waals surface area contributed by atoms with Gasteiger partial charge in [0.05, 0.1) is 12.7 Å². The van der Waals surface area contributed by atoms with Gasteiger partial charge in [0.2, 0.25) is 0 Å². The first kappa shape index (κ1) is 9.49. The van der Waals surface area contributed by atoms with E-state index in [9.17, 15) is 10.2 Å². The highest BCUT2D eigenvalue weighted by molar-refractivity contribution is 5.40. The molecule has 2 N–H and O–H groups in total. The molecule has 0 aliphatic carbocycles. The first-order valence-electron chi connectivity index (χ1n) is 4.80. The maximum absolute atomic E-state index is 9.64. The Balaban J connectivity index is 2.28. The number of benzene rings is 1. The Morgan fingerprint density at radius 1 is 1.36 bits per heavy atom. The smallest absolute Gasteiger partial charge is 0.122 e. The van der Waals surface area contributed by atoms with Gasteiger partial charge in [-0.1, -0.05) is 6.07 Å². The van der Waals surface area contributed by atoms with E-state index in [2.05, 4.69) is 0 Å². The number of ether oxygens (including phenoxy) is 1. The Kier molecular flexibility index (Phi) is 2.44. The fourth-order valence-electron chi connectivity index (χ4n) is 1.67. The van der Waals surface area contributed by atoms with Crippen LogP contribution in [0.3, 0.4) is 0 Å². The van der Waals surface area contributed by atoms with Crippen LogP contribution in [0.15, 0.2) is 18.2 Å². The van der Waals surface area contributed by atoms with Gasteiger partial charge in [0, 0.05) is 6.42 Å². The first-order chi connectivity index (χ1) is 6.68. The highest BCUT2D eigenvalue weighted by Gasteiger charge is 2.17. The molecule has 0 bridgehead atoms. The Bertz CT molecular complexity index is 333. The SMILES string of the molecule is CC(O)C(O)c1ccc2c(c1)CCO2. The lowest BCUT2D eigenvalue weighted by Crippen LogP contribution is -2.13. The third kappa shape index (κ3) is 1.61. The van der Waals surface area contributed by atoms with Crippen molar-refractivity contribution in [3.05, 3.63) is 29.3 Å². The van der Waals surface area contributed by atoms with Crippen LogP contribution in [0, 0.1) is 0 Å². The lowest BCUT2D eigenvalue weighted by atomic mass is 10.0. The minimum atomic E-state index is -0.805. The standard InChI is InChI=1S/C11H14O3/c1-7(12)11(13)9-2-3-10-8(6-9)4-5-14-10/h2-3,6-7,11-13H,4-5H2,1H3. The summed E-state index contributed by atoms with van der Waals surface area (Å²) in [5.74, 6) is 0.895. The number of aliphatic hydroxyl groups is 2. The second-order valence-corrected chi connectivity index (χ2v) is 3.65. The van der Waals surface area contributed by atoms with E-state index in [1.54, 1.807) is 13.0 Å². The van der Waals surface area contributed by atoms with Crippen LogP contribution in [0.4, 0.5) is 0 Å². The molecule has 0 spiro atoms. The summed E-state index contributed by atoms with van der Waals surface area (Å²) in [6.07, 6.45) is -0.660. The monoisotopic (exact) mass is 194 g/mol. The fourth-order valence-corrected chi connectivity index (χ4v) is 1.67. The Morgan fingerprint density at radius 3 is 2.86 bits per heavy atom. The summed E-state index contributed by atoms with van der Waals surface area (Å²) in [7, 11) is 0. The van der Waals surface area contributed by atoms with Crippen LogP contribution in [-0.2, 0) is 6.42 Å². The molecule has 1 heterocycles. The zero-order valence-electron chi connectivity index (χ0n) is 8.10. The third-order valence-electron chi connectivity index (χ3n) is 2.51. The topological polar surface area (TPSA) is 49.7 Å². The van der Waals surface area contributed by atoms with E-state index in [0.717, 1.165) is 23.3 Å². The highest BCUT2D eigenvalue weighted by Crippen LogP contribution is 2.28. The van der Waals surface area contributed by atoms with Gasteiger partial charge >= 0.3 is 0 Å². The number of hydrogen-bond acceptors (Lipinski definition) is 3. The Morgan fingerprint density at radius 2 is 2.14 bits per heavy atom. The van der Waals surface area contributed by atoms with Crippen molar-refractivity contribution in [3.8, 4) is 5.75 Å². The van der Waals surface area contributed by atoms with Gasteiger partial charge < -0.3 is 14.9 Å². The molecule has 0 fully saturated rings. The summed E-state index contributed by atoms with van der Waals surface area (Å²) in [6, 6.07) is 5.55. The molecule has 3 nitrogen and oxygen atoms in total. The molecule has 0 aromatic heterocycles. The van der Waals surface area contributed by atoms with Gasteiger partial charge in [0.25, 0.3) is 0 Å². The molecule has 0 amide bonds. The number of hydrogen-bond donors (Lipinski definition) is 2. The molecule has 2 unspecified atom stereocenters. The highest BCUT2D eigenvalue weighted by atomic mass is 16.5. The molecule has 0 saturated heterocycles. The average Bonchev–Trinajstić information content (AvgIpc) is 2.62. The molecule has 1 aliphatic rings. The number of aliphatic hydroxyl groups excluding tert-OH is 2. The minimum absolute atomic E-state index is 0.712. The lowest BCUT2D eigenvalue weighted by Gasteiger charge is -2.14. The van der Waals surface area contributed by atoms with Crippen LogP contribution < -0.4 is 4.74 Å². The van der Waals surface area contributed by atoms with Crippen molar-refractivity contribution in [2.24, 2.45) is 0 Å². The van der Waals surface area contributed by atoms with Gasteiger partial charge in [-0.2, -0.15) is 0 Å². The van der Waals surface area contributed by atoms with E-state index in [1.807, 2.05) is 12.1 Å². The molecule has 2 rings (SSSR count). The molecule has 76 valence electrons. The summed E-state index contributed by atoms with van der Waals surface area (Å²) >= 11 is 0. The van der Waals surface area contributed by atoms with E-state index in [-0.39, 0.29) is 0 Å². The maximum atomic E-state index is 9.64. The van der Waals surface area contributed by atoms with Crippen LogP contribution in [0.5, 0.6) is 5.75 Å². The largest absolute Gasteiger partial charge is 0.493 e. The number of fused-ring (bicyclic) bond motifs is 1. The maximum Gasteiger partial charge on any atom is 0.122 e. The van der Waals surface area contributed by atoms with Crippen molar-refractivity contribution >= 4 is 0 Å². The molecular formula is C11H14O3. The van der Waals surface area contributed by atoms with Gasteiger partial charge in [0.1, 0.15) is 11.9 Å². The minimum Gasteiger partial charge on any atom is -0.493 e. The lowest BCUT2D eigenvalue weighted by molar-refractivity contribution is 0.0305. The van der Waals surface area contributed by atoms with Crippen LogP contribution in [0.2, 0.25) is 0 Å². The van der Waals surface area contributed by atoms with E-state index in [0.29, 0.717) is 6.61 Å². The second kappa shape index (κ2) is 3.59. The fraction of sp³-hybridized carbons (Fsp3) is 0.455. The molecule has 1 aromatic rings. The van der Waals surface area contributed by atoms with E-state index in [4.69, 9.17) is 4.74 Å². The number of rotatable bonds is 2. The molecule has 0 radical (unpaired) electrons. The normalized spacial score (nSPS) is 18.5. The zero-order chi connectivity index (χ0) is 10.1. The molecular weight excluding hydrogens is 180 g/mol. The van der Waals surface area contributed by atoms with Crippen LogP contribution in [0.25, 0.3) is 0 Å². The van der Waals surface area contributed by atoms with E-state index < -0.39 is 12.2 Å². The van der Waals surface area contributed by atoms with Gasteiger partial charge in [-0.25, -0.2) is 0 Å². The molecule has 2 atom stereocenters. The van der Waals surface area contributed by atoms with Gasteiger partial charge in [0.15, 0.2) is 0 Å². The van der Waals surface area contributed by atoms with Crippen molar-refractivity contribution in [2.45, 2.75) is 25.6 Å². The van der Waals surface area contributed by atoms with Crippen LogP contribution in [0.1, 0.15) is 24.2 Å². The Labute approximate surface area is 83.0 Å². The van der Waals surface area contributed by atoms with Crippen molar-refractivity contribution in [1.82, 2.24) is 0 Å². The van der Waals surface area contributed by atoms with Crippen molar-refractivity contribution < 1.29 is 14.9 Å². The van der Waals surface area contributed by atoms with Gasteiger partial charge in [-0.05, 0) is 30.2 Å². The summed E-state index contributed by atoms with van der Waals surface area (Å²) in [5, 5.41) is 18.9. The third-order valence-corrected chi connectivity index (χ3v) is 2.51. The van der Waals surface area contributed by atoms with E-state index in [1.165, 1.54) is 0 Å². The van der Waals surface area contributed by atoms with Crippen LogP contribution in [-0.4, -0.2) is 22.9 Å². The first-order valence-corrected chi connectivity index (χ1v) is 4.80. The molecule has 3 heteroatoms. The molecule has 1 aliphatic heterocycles. The van der Waals surface area contributed by atoms with Crippen molar-refractivity contribution in [1.29, 1.82) is 0 Å². The van der Waals surface area contributed by atoms with E-state index >= 15 is 0 Å². The second-order valence-electron chi connectivity index (χ2n) is 3.65. The van der Waals surface area contributed by atoms with Crippen molar-refractivity contribution in [3.63, 3.8) is 0 Å². The molecule has 14 heavy (non-hydrogen) atoms. The predicted molar refractivity (Wildman–Crippen MR) is 52.3 cm³/mol. The summed E-state index contributed by atoms with van der Waals surface area (Å²) < 4.78 is 5.35. The quantitative estimate of drug-likeness (QED) is 0.739. The van der Waals surface area contributed by atoms with Crippen molar-refractivity contribution in [2.75, 3.05) is 6.61 Å². The average molecular weight is 194 g/mol. The predicted octanol–water partition coefficient (Wildman–Crippen LogP) is 1.04. The molecule has 0 saturated carbocycles. The summed E-state index contributed by atoms with van der Waals surface area (Å²) in [4.78, 5) is 0. The molecule has 1 aromatic carbocycles. The summed E-state index contributed by atoms with van der Waals surface area (Å²) in [6.45, 7) is 2.29. The van der Waals surface area contributed by atoms with Crippen LogP contribution >= 0.6 is 0 Å². The summed E-state index contributed by atoms with van der Waals surface area (Å²) in [5.41, 5.74) is 1.87. The van der Waals surface area contributed by atoms with Gasteiger partial charge in [-0.3, -0.25) is 0 Å². The van der Waals surface area contributed by atoms with Gasteiger partial charge in [-0.15, -0.1) is 0 Å².